The summed E-state index contributed by atoms with van der Waals surface area (Å²) in [5, 5.41) is 3.30. The number of hydrazine groups is 1. The number of nitrogens with one attached hydrogen (secondary N) is 2. The van der Waals surface area contributed by atoms with Crippen LogP contribution in [0.3, 0.4) is 0 Å². The van der Waals surface area contributed by atoms with E-state index < -0.39 is 36.0 Å². The van der Waals surface area contributed by atoms with Crippen molar-refractivity contribution in [1.82, 2.24) is 15.8 Å². The molecule has 2 N–H and O–H groups in total. The van der Waals surface area contributed by atoms with Crippen molar-refractivity contribution in [2.45, 2.75) is 32.2 Å². The van der Waals surface area contributed by atoms with Gasteiger partial charge in [0.15, 0.2) is 6.61 Å². The summed E-state index contributed by atoms with van der Waals surface area (Å²) >= 11 is 0. The number of imide groups is 1. The summed E-state index contributed by atoms with van der Waals surface area (Å²) in [5.74, 6) is -1.64. The van der Waals surface area contributed by atoms with Crippen molar-refractivity contribution < 1.29 is 23.9 Å². The maximum absolute atomic E-state index is 12.8. The Morgan fingerprint density at radius 3 is 2.54 bits per heavy atom. The van der Waals surface area contributed by atoms with Gasteiger partial charge in [0.1, 0.15) is 5.54 Å². The van der Waals surface area contributed by atoms with Gasteiger partial charge in [-0.2, -0.15) is 5.01 Å². The second kappa shape index (κ2) is 6.78. The third-order valence-corrected chi connectivity index (χ3v) is 4.88. The Kier molecular flexibility index (Phi) is 4.67. The SMILES string of the molecule is CC[C@]1(c2ccccc2)NC(=O)N(NC(=O)COC(=O)[C@@H]2C[C@@H]2C)C1=O. The van der Waals surface area contributed by atoms with Gasteiger partial charge in [-0.05, 0) is 24.3 Å². The molecule has 8 nitrogen and oxygen atoms in total. The number of ether oxygens (including phenoxy) is 1. The molecule has 0 unspecified atom stereocenters. The van der Waals surface area contributed by atoms with Gasteiger partial charge in [0, 0.05) is 0 Å². The predicted octanol–water partition coefficient (Wildman–Crippen LogP) is 1.07. The minimum atomic E-state index is -1.23. The van der Waals surface area contributed by atoms with E-state index in [1.54, 1.807) is 31.2 Å². The fourth-order valence-electron chi connectivity index (χ4n) is 3.09. The highest BCUT2D eigenvalue weighted by Gasteiger charge is 2.52. The van der Waals surface area contributed by atoms with Crippen molar-refractivity contribution in [2.24, 2.45) is 11.8 Å². The van der Waals surface area contributed by atoms with Crippen LogP contribution >= 0.6 is 0 Å². The lowest BCUT2D eigenvalue weighted by atomic mass is 9.87. The molecule has 2 aliphatic rings. The molecule has 2 fully saturated rings. The lowest BCUT2D eigenvalue weighted by molar-refractivity contribution is -0.152. The second-order valence-corrected chi connectivity index (χ2v) is 6.66. The van der Waals surface area contributed by atoms with Crippen LogP contribution in [0, 0.1) is 11.8 Å². The molecule has 1 heterocycles. The van der Waals surface area contributed by atoms with Crippen molar-refractivity contribution in [2.75, 3.05) is 6.61 Å². The van der Waals surface area contributed by atoms with E-state index in [1.165, 1.54) is 0 Å². The number of hydrogen-bond acceptors (Lipinski definition) is 5. The van der Waals surface area contributed by atoms with Gasteiger partial charge in [0.25, 0.3) is 11.8 Å². The minimum absolute atomic E-state index is 0.162. The molecular weight excluding hydrogens is 338 g/mol. The van der Waals surface area contributed by atoms with Gasteiger partial charge in [0.05, 0.1) is 5.92 Å². The number of esters is 1. The van der Waals surface area contributed by atoms with Crippen molar-refractivity contribution in [1.29, 1.82) is 0 Å². The van der Waals surface area contributed by atoms with Crippen LogP contribution in [0.25, 0.3) is 0 Å². The summed E-state index contributed by atoms with van der Waals surface area (Å²) < 4.78 is 4.92. The fourth-order valence-corrected chi connectivity index (χ4v) is 3.09. The summed E-state index contributed by atoms with van der Waals surface area (Å²) in [5.41, 5.74) is 1.62. The summed E-state index contributed by atoms with van der Waals surface area (Å²) in [4.78, 5) is 48.7. The first-order chi connectivity index (χ1) is 12.4. The van der Waals surface area contributed by atoms with Crippen LogP contribution in [0.2, 0.25) is 0 Å². The molecule has 1 aromatic carbocycles. The number of nitrogens with zero attached hydrogens (tertiary/aromatic N) is 1. The molecule has 1 saturated heterocycles. The Morgan fingerprint density at radius 1 is 1.31 bits per heavy atom. The lowest BCUT2D eigenvalue weighted by Gasteiger charge is -2.25. The number of rotatable bonds is 6. The van der Waals surface area contributed by atoms with Gasteiger partial charge >= 0.3 is 12.0 Å². The van der Waals surface area contributed by atoms with E-state index in [4.69, 9.17) is 4.74 Å². The van der Waals surface area contributed by atoms with Gasteiger partial charge < -0.3 is 10.1 Å². The van der Waals surface area contributed by atoms with Crippen LogP contribution in [0.5, 0.6) is 0 Å². The van der Waals surface area contributed by atoms with Gasteiger partial charge in [-0.25, -0.2) is 4.79 Å². The average molecular weight is 359 g/mol. The van der Waals surface area contributed by atoms with Crippen LogP contribution in [0.15, 0.2) is 30.3 Å². The summed E-state index contributed by atoms with van der Waals surface area (Å²) in [6, 6.07) is 8.10. The maximum Gasteiger partial charge on any atom is 0.344 e. The number of benzene rings is 1. The first kappa shape index (κ1) is 17.9. The third-order valence-electron chi connectivity index (χ3n) is 4.88. The van der Waals surface area contributed by atoms with Gasteiger partial charge in [-0.15, -0.1) is 0 Å². The zero-order valence-electron chi connectivity index (χ0n) is 14.7. The molecule has 0 bridgehead atoms. The normalized spacial score (nSPS) is 27.1. The Labute approximate surface area is 150 Å². The number of carbonyl (C=O) groups excluding carboxylic acids is 4. The third kappa shape index (κ3) is 3.14. The number of carbonyl (C=O) groups is 4. The lowest BCUT2D eigenvalue weighted by Crippen LogP contribution is -2.49. The van der Waals surface area contributed by atoms with Gasteiger partial charge in [-0.3, -0.25) is 19.8 Å². The van der Waals surface area contributed by atoms with Crippen LogP contribution in [0.1, 0.15) is 32.3 Å². The molecule has 8 heteroatoms. The highest BCUT2D eigenvalue weighted by atomic mass is 16.5. The number of hydrogen-bond donors (Lipinski definition) is 2. The topological polar surface area (TPSA) is 105 Å². The molecule has 1 aliphatic heterocycles. The summed E-state index contributed by atoms with van der Waals surface area (Å²) in [7, 11) is 0. The number of amides is 4. The maximum atomic E-state index is 12.8. The molecule has 0 spiro atoms. The fraction of sp³-hybridized carbons (Fsp3) is 0.444. The Morgan fingerprint density at radius 2 is 1.96 bits per heavy atom. The minimum Gasteiger partial charge on any atom is -0.455 e. The first-order valence-electron chi connectivity index (χ1n) is 8.57. The highest BCUT2D eigenvalue weighted by Crippen LogP contribution is 2.38. The van der Waals surface area contributed by atoms with Crippen LogP contribution in [0.4, 0.5) is 4.79 Å². The Balaban J connectivity index is 1.65. The van der Waals surface area contributed by atoms with Gasteiger partial charge in [0.2, 0.25) is 0 Å². The smallest absolute Gasteiger partial charge is 0.344 e. The molecule has 1 aliphatic carbocycles. The molecule has 138 valence electrons. The van der Waals surface area contributed by atoms with E-state index >= 15 is 0 Å². The molecule has 4 amide bonds. The second-order valence-electron chi connectivity index (χ2n) is 6.66. The first-order valence-corrected chi connectivity index (χ1v) is 8.57. The highest BCUT2D eigenvalue weighted by molar-refractivity contribution is 6.08. The van der Waals surface area contributed by atoms with Crippen molar-refractivity contribution in [3.63, 3.8) is 0 Å². The number of urea groups is 1. The zero-order valence-corrected chi connectivity index (χ0v) is 14.7. The van der Waals surface area contributed by atoms with E-state index in [0.29, 0.717) is 17.0 Å². The molecule has 3 atom stereocenters. The molecular formula is C18H21N3O5. The van der Waals surface area contributed by atoms with E-state index in [-0.39, 0.29) is 11.8 Å². The largest absolute Gasteiger partial charge is 0.455 e. The van der Waals surface area contributed by atoms with Crippen LogP contribution < -0.4 is 10.7 Å². The Bertz CT molecular complexity index is 750. The summed E-state index contributed by atoms with van der Waals surface area (Å²) in [6.45, 7) is 3.16. The molecule has 3 rings (SSSR count). The molecule has 1 saturated carbocycles. The van der Waals surface area contributed by atoms with E-state index in [9.17, 15) is 19.2 Å². The van der Waals surface area contributed by atoms with Crippen LogP contribution in [-0.2, 0) is 24.7 Å². The van der Waals surface area contributed by atoms with Crippen molar-refractivity contribution in [3.05, 3.63) is 35.9 Å². The predicted molar refractivity (Wildman–Crippen MR) is 90.2 cm³/mol. The molecule has 26 heavy (non-hydrogen) atoms. The average Bonchev–Trinajstić information content (AvgIpc) is 3.33. The van der Waals surface area contributed by atoms with Gasteiger partial charge in [-0.1, -0.05) is 44.2 Å². The van der Waals surface area contributed by atoms with E-state index in [0.717, 1.165) is 6.42 Å². The molecule has 0 aromatic heterocycles. The summed E-state index contributed by atoms with van der Waals surface area (Å²) in [6.07, 6.45) is 1.08. The monoisotopic (exact) mass is 359 g/mol. The zero-order chi connectivity index (χ0) is 18.9. The van der Waals surface area contributed by atoms with E-state index in [2.05, 4.69) is 10.7 Å². The molecule has 1 aromatic rings. The van der Waals surface area contributed by atoms with Crippen molar-refractivity contribution in [3.8, 4) is 0 Å². The Hall–Kier alpha value is -2.90. The molecule has 0 radical (unpaired) electrons. The van der Waals surface area contributed by atoms with Crippen molar-refractivity contribution >= 4 is 23.8 Å². The van der Waals surface area contributed by atoms with E-state index in [1.807, 2.05) is 13.0 Å². The quantitative estimate of drug-likeness (QED) is 0.584. The van der Waals surface area contributed by atoms with Crippen LogP contribution in [-0.4, -0.2) is 35.4 Å². The standard InChI is InChI=1S/C18H21N3O5/c1-3-18(12-7-5-4-6-8-12)16(24)21(17(25)19-18)20-14(22)10-26-15(23)13-9-11(13)2/h4-8,11,13H,3,9-10H2,1-2H3,(H,19,25)(H,20,22)/t11-,13+,18+/m0/s1.